The zero-order valence-corrected chi connectivity index (χ0v) is 11.8. The molecule has 1 aliphatic carbocycles. The summed E-state index contributed by atoms with van der Waals surface area (Å²) in [5, 5.41) is 3.75. The second-order valence-corrected chi connectivity index (χ2v) is 6.30. The standard InChI is InChI=1S/C15H31N/c1-5-16-14(10-9-13(2)3)15(4)11-7-6-8-12-15/h13-14,16H,5-12H2,1-4H3. The van der Waals surface area contributed by atoms with Gasteiger partial charge in [-0.15, -0.1) is 0 Å². The summed E-state index contributed by atoms with van der Waals surface area (Å²) in [6.07, 6.45) is 9.94. The summed E-state index contributed by atoms with van der Waals surface area (Å²) in [6.45, 7) is 10.6. The molecule has 0 bridgehead atoms. The van der Waals surface area contributed by atoms with Crippen molar-refractivity contribution in [3.05, 3.63) is 0 Å². The minimum absolute atomic E-state index is 0.573. The smallest absolute Gasteiger partial charge is 0.0121 e. The molecule has 1 rings (SSSR count). The lowest BCUT2D eigenvalue weighted by molar-refractivity contribution is 0.134. The molecule has 1 nitrogen and oxygen atoms in total. The molecule has 1 unspecified atom stereocenters. The second kappa shape index (κ2) is 6.64. The lowest BCUT2D eigenvalue weighted by Crippen LogP contribution is -2.44. The molecule has 0 heterocycles. The van der Waals surface area contributed by atoms with Gasteiger partial charge in [-0.2, -0.15) is 0 Å². The predicted molar refractivity (Wildman–Crippen MR) is 72.7 cm³/mol. The summed E-state index contributed by atoms with van der Waals surface area (Å²) < 4.78 is 0. The first-order valence-corrected chi connectivity index (χ1v) is 7.32. The van der Waals surface area contributed by atoms with Gasteiger partial charge in [0.1, 0.15) is 0 Å². The van der Waals surface area contributed by atoms with Gasteiger partial charge in [0, 0.05) is 6.04 Å². The van der Waals surface area contributed by atoms with Crippen LogP contribution in [0.4, 0.5) is 0 Å². The molecule has 96 valence electrons. The van der Waals surface area contributed by atoms with E-state index in [0.717, 1.165) is 18.5 Å². The van der Waals surface area contributed by atoms with Gasteiger partial charge in [0.2, 0.25) is 0 Å². The molecule has 0 aromatic carbocycles. The third-order valence-corrected chi connectivity index (χ3v) is 4.32. The van der Waals surface area contributed by atoms with Gasteiger partial charge in [-0.05, 0) is 43.6 Å². The highest BCUT2D eigenvalue weighted by Crippen LogP contribution is 2.40. The highest BCUT2D eigenvalue weighted by molar-refractivity contribution is 4.89. The minimum Gasteiger partial charge on any atom is -0.314 e. The van der Waals surface area contributed by atoms with Crippen LogP contribution >= 0.6 is 0 Å². The van der Waals surface area contributed by atoms with Crippen LogP contribution in [0.15, 0.2) is 0 Å². The van der Waals surface area contributed by atoms with Gasteiger partial charge in [0.15, 0.2) is 0 Å². The van der Waals surface area contributed by atoms with E-state index >= 15 is 0 Å². The van der Waals surface area contributed by atoms with Crippen molar-refractivity contribution in [2.45, 2.75) is 78.7 Å². The Labute approximate surface area is 102 Å². The first-order valence-electron chi connectivity index (χ1n) is 7.32. The molecule has 0 aromatic heterocycles. The van der Waals surface area contributed by atoms with E-state index in [1.54, 1.807) is 0 Å². The fraction of sp³-hybridized carbons (Fsp3) is 1.00. The van der Waals surface area contributed by atoms with Gasteiger partial charge in [-0.25, -0.2) is 0 Å². The largest absolute Gasteiger partial charge is 0.314 e. The van der Waals surface area contributed by atoms with Crippen molar-refractivity contribution < 1.29 is 0 Å². The quantitative estimate of drug-likeness (QED) is 0.708. The van der Waals surface area contributed by atoms with Gasteiger partial charge >= 0.3 is 0 Å². The number of hydrogen-bond donors (Lipinski definition) is 1. The summed E-state index contributed by atoms with van der Waals surface area (Å²) in [7, 11) is 0. The molecule has 1 fully saturated rings. The topological polar surface area (TPSA) is 12.0 Å². The van der Waals surface area contributed by atoms with Crippen LogP contribution < -0.4 is 5.32 Å². The van der Waals surface area contributed by atoms with E-state index in [9.17, 15) is 0 Å². The monoisotopic (exact) mass is 225 g/mol. The van der Waals surface area contributed by atoms with E-state index in [-0.39, 0.29) is 0 Å². The van der Waals surface area contributed by atoms with Crippen molar-refractivity contribution in [1.29, 1.82) is 0 Å². The summed E-state index contributed by atoms with van der Waals surface area (Å²) in [5.41, 5.74) is 0.573. The van der Waals surface area contributed by atoms with Crippen molar-refractivity contribution in [1.82, 2.24) is 5.32 Å². The fourth-order valence-corrected chi connectivity index (χ4v) is 3.15. The van der Waals surface area contributed by atoms with Crippen molar-refractivity contribution in [2.75, 3.05) is 6.54 Å². The first-order chi connectivity index (χ1) is 7.58. The fourth-order valence-electron chi connectivity index (χ4n) is 3.15. The molecule has 0 radical (unpaired) electrons. The molecule has 0 amide bonds. The van der Waals surface area contributed by atoms with Crippen molar-refractivity contribution >= 4 is 0 Å². The Kier molecular flexibility index (Phi) is 5.82. The molecular weight excluding hydrogens is 194 g/mol. The van der Waals surface area contributed by atoms with Crippen molar-refractivity contribution in [3.63, 3.8) is 0 Å². The summed E-state index contributed by atoms with van der Waals surface area (Å²) in [4.78, 5) is 0. The molecule has 1 atom stereocenters. The average molecular weight is 225 g/mol. The Bertz CT molecular complexity index is 180. The van der Waals surface area contributed by atoms with Crippen LogP contribution in [-0.2, 0) is 0 Å². The molecule has 0 aromatic rings. The minimum atomic E-state index is 0.573. The highest BCUT2D eigenvalue weighted by Gasteiger charge is 2.34. The van der Waals surface area contributed by atoms with Crippen LogP contribution in [0.1, 0.15) is 72.6 Å². The SMILES string of the molecule is CCNC(CCC(C)C)C1(C)CCCCC1. The number of rotatable bonds is 6. The Morgan fingerprint density at radius 3 is 2.19 bits per heavy atom. The molecule has 1 aliphatic rings. The lowest BCUT2D eigenvalue weighted by atomic mass is 9.69. The third kappa shape index (κ3) is 4.08. The van der Waals surface area contributed by atoms with Gasteiger partial charge in [-0.3, -0.25) is 0 Å². The normalized spacial score (nSPS) is 22.3. The molecule has 0 saturated heterocycles. The molecular formula is C15H31N. The maximum Gasteiger partial charge on any atom is 0.0121 e. The molecule has 0 spiro atoms. The molecule has 1 N–H and O–H groups in total. The molecule has 16 heavy (non-hydrogen) atoms. The predicted octanol–water partition coefficient (Wildman–Crippen LogP) is 4.37. The van der Waals surface area contributed by atoms with Crippen LogP contribution in [-0.4, -0.2) is 12.6 Å². The van der Waals surface area contributed by atoms with E-state index in [4.69, 9.17) is 0 Å². The average Bonchev–Trinajstić information content (AvgIpc) is 2.24. The van der Waals surface area contributed by atoms with Crippen LogP contribution in [0.5, 0.6) is 0 Å². The maximum atomic E-state index is 3.75. The van der Waals surface area contributed by atoms with Crippen LogP contribution in [0.3, 0.4) is 0 Å². The van der Waals surface area contributed by atoms with Crippen molar-refractivity contribution in [3.8, 4) is 0 Å². The Hall–Kier alpha value is -0.0400. The zero-order valence-electron chi connectivity index (χ0n) is 11.8. The second-order valence-electron chi connectivity index (χ2n) is 6.30. The third-order valence-electron chi connectivity index (χ3n) is 4.32. The Morgan fingerprint density at radius 1 is 1.06 bits per heavy atom. The zero-order chi connectivity index (χ0) is 12.0. The number of nitrogens with one attached hydrogen (secondary N) is 1. The molecule has 0 aliphatic heterocycles. The van der Waals surface area contributed by atoms with E-state index < -0.39 is 0 Å². The van der Waals surface area contributed by atoms with Crippen LogP contribution in [0.25, 0.3) is 0 Å². The molecule has 1 heteroatoms. The Balaban J connectivity index is 2.52. The first kappa shape index (κ1) is 14.0. The van der Waals surface area contributed by atoms with Gasteiger partial charge in [0.25, 0.3) is 0 Å². The molecule has 1 saturated carbocycles. The lowest BCUT2D eigenvalue weighted by Gasteiger charge is -2.41. The highest BCUT2D eigenvalue weighted by atomic mass is 14.9. The Morgan fingerprint density at radius 2 is 1.69 bits per heavy atom. The van der Waals surface area contributed by atoms with E-state index in [2.05, 4.69) is 33.0 Å². The maximum absolute atomic E-state index is 3.75. The summed E-state index contributed by atoms with van der Waals surface area (Å²) in [6, 6.07) is 0.750. The van der Waals surface area contributed by atoms with Gasteiger partial charge < -0.3 is 5.32 Å². The van der Waals surface area contributed by atoms with E-state index in [1.807, 2.05) is 0 Å². The van der Waals surface area contributed by atoms with Crippen LogP contribution in [0.2, 0.25) is 0 Å². The van der Waals surface area contributed by atoms with Crippen molar-refractivity contribution in [2.24, 2.45) is 11.3 Å². The van der Waals surface area contributed by atoms with Crippen LogP contribution in [0, 0.1) is 11.3 Å². The van der Waals surface area contributed by atoms with E-state index in [1.165, 1.54) is 44.9 Å². The summed E-state index contributed by atoms with van der Waals surface area (Å²) >= 11 is 0. The number of hydrogen-bond acceptors (Lipinski definition) is 1. The van der Waals surface area contributed by atoms with E-state index in [0.29, 0.717) is 5.41 Å². The summed E-state index contributed by atoms with van der Waals surface area (Å²) in [5.74, 6) is 0.841. The van der Waals surface area contributed by atoms with Gasteiger partial charge in [0.05, 0.1) is 0 Å². The van der Waals surface area contributed by atoms with Gasteiger partial charge in [-0.1, -0.05) is 47.0 Å².